The van der Waals surface area contributed by atoms with Crippen LogP contribution in [0.15, 0.2) is 42.5 Å². The standard InChI is InChI=1S/C15H14N2O2/c1-19-13-4-2-3-12(8-13)17-9-10-5-6-11(16)7-14(10)15(17)18/h2-8H,9,16H2,1H3. The third kappa shape index (κ3) is 1.91. The monoisotopic (exact) mass is 254 g/mol. The van der Waals surface area contributed by atoms with Crippen LogP contribution < -0.4 is 15.4 Å². The summed E-state index contributed by atoms with van der Waals surface area (Å²) in [6.07, 6.45) is 0. The van der Waals surface area contributed by atoms with E-state index in [1.165, 1.54) is 0 Å². The molecular weight excluding hydrogens is 240 g/mol. The van der Waals surface area contributed by atoms with Gasteiger partial charge in [0.15, 0.2) is 0 Å². The van der Waals surface area contributed by atoms with Crippen molar-refractivity contribution in [2.24, 2.45) is 0 Å². The van der Waals surface area contributed by atoms with Gasteiger partial charge in [-0.25, -0.2) is 0 Å². The van der Waals surface area contributed by atoms with Crippen LogP contribution in [0.25, 0.3) is 0 Å². The first-order chi connectivity index (χ1) is 9.19. The van der Waals surface area contributed by atoms with E-state index in [1.54, 1.807) is 18.1 Å². The van der Waals surface area contributed by atoms with E-state index < -0.39 is 0 Å². The Bertz CT molecular complexity index is 652. The molecule has 0 atom stereocenters. The number of methoxy groups -OCH3 is 1. The first-order valence-electron chi connectivity index (χ1n) is 6.03. The van der Waals surface area contributed by atoms with Crippen LogP contribution in [0.4, 0.5) is 11.4 Å². The maximum absolute atomic E-state index is 12.4. The van der Waals surface area contributed by atoms with Gasteiger partial charge >= 0.3 is 0 Å². The summed E-state index contributed by atoms with van der Waals surface area (Å²) in [7, 11) is 1.61. The van der Waals surface area contributed by atoms with Crippen LogP contribution >= 0.6 is 0 Å². The number of nitrogens with zero attached hydrogens (tertiary/aromatic N) is 1. The van der Waals surface area contributed by atoms with Gasteiger partial charge in [-0.15, -0.1) is 0 Å². The van der Waals surface area contributed by atoms with Crippen molar-refractivity contribution in [3.8, 4) is 5.75 Å². The molecule has 0 aromatic heterocycles. The number of fused-ring (bicyclic) bond motifs is 1. The number of anilines is 2. The maximum atomic E-state index is 12.4. The molecule has 2 aromatic carbocycles. The van der Waals surface area contributed by atoms with E-state index in [2.05, 4.69) is 0 Å². The van der Waals surface area contributed by atoms with Gasteiger partial charge in [0, 0.05) is 23.0 Å². The molecule has 2 N–H and O–H groups in total. The minimum Gasteiger partial charge on any atom is -0.497 e. The van der Waals surface area contributed by atoms with Crippen LogP contribution in [0.3, 0.4) is 0 Å². The molecule has 0 radical (unpaired) electrons. The quantitative estimate of drug-likeness (QED) is 0.837. The van der Waals surface area contributed by atoms with Gasteiger partial charge in [0.25, 0.3) is 5.91 Å². The number of ether oxygens (including phenoxy) is 1. The largest absolute Gasteiger partial charge is 0.497 e. The van der Waals surface area contributed by atoms with Crippen LogP contribution in [0.2, 0.25) is 0 Å². The number of carbonyl (C=O) groups excluding carboxylic acids is 1. The number of nitrogen functional groups attached to an aromatic ring is 1. The van der Waals surface area contributed by atoms with E-state index in [1.807, 2.05) is 36.4 Å². The molecule has 0 aliphatic carbocycles. The third-order valence-electron chi connectivity index (χ3n) is 3.30. The molecule has 1 heterocycles. The fourth-order valence-corrected chi connectivity index (χ4v) is 2.31. The van der Waals surface area contributed by atoms with Crippen LogP contribution in [-0.2, 0) is 6.54 Å². The highest BCUT2D eigenvalue weighted by Gasteiger charge is 2.28. The fourth-order valence-electron chi connectivity index (χ4n) is 2.31. The van der Waals surface area contributed by atoms with Gasteiger partial charge in [-0.1, -0.05) is 12.1 Å². The van der Waals surface area contributed by atoms with Gasteiger partial charge in [-0.3, -0.25) is 4.79 Å². The summed E-state index contributed by atoms with van der Waals surface area (Å²) in [5, 5.41) is 0. The molecule has 3 rings (SSSR count). The number of carbonyl (C=O) groups is 1. The zero-order valence-corrected chi connectivity index (χ0v) is 10.6. The van der Waals surface area contributed by atoms with Crippen molar-refractivity contribution in [3.05, 3.63) is 53.6 Å². The average molecular weight is 254 g/mol. The lowest BCUT2D eigenvalue weighted by molar-refractivity contribution is 0.0996. The van der Waals surface area contributed by atoms with Gasteiger partial charge in [0.2, 0.25) is 0 Å². The van der Waals surface area contributed by atoms with Gasteiger partial charge in [-0.05, 0) is 29.8 Å². The van der Waals surface area contributed by atoms with Crippen LogP contribution in [-0.4, -0.2) is 13.0 Å². The minimum atomic E-state index is -0.0180. The van der Waals surface area contributed by atoms with Crippen molar-refractivity contribution in [1.29, 1.82) is 0 Å². The topological polar surface area (TPSA) is 55.6 Å². The number of hydrogen-bond donors (Lipinski definition) is 1. The predicted molar refractivity (Wildman–Crippen MR) is 74.4 cm³/mol. The second-order valence-corrected chi connectivity index (χ2v) is 4.51. The number of benzene rings is 2. The molecule has 0 fully saturated rings. The van der Waals surface area contributed by atoms with E-state index in [9.17, 15) is 4.79 Å². The molecule has 19 heavy (non-hydrogen) atoms. The highest BCUT2D eigenvalue weighted by molar-refractivity contribution is 6.10. The first-order valence-corrected chi connectivity index (χ1v) is 6.03. The number of amides is 1. The lowest BCUT2D eigenvalue weighted by atomic mass is 10.1. The second kappa shape index (κ2) is 4.31. The normalized spacial score (nSPS) is 13.5. The molecule has 0 unspecified atom stereocenters. The lowest BCUT2D eigenvalue weighted by Crippen LogP contribution is -2.22. The Morgan fingerprint density at radius 1 is 1.21 bits per heavy atom. The molecule has 96 valence electrons. The Hall–Kier alpha value is -2.49. The molecule has 1 aliphatic heterocycles. The SMILES string of the molecule is COc1cccc(N2Cc3ccc(N)cc3C2=O)c1. The van der Waals surface area contributed by atoms with Gasteiger partial charge < -0.3 is 15.4 Å². The summed E-state index contributed by atoms with van der Waals surface area (Å²) in [5.74, 6) is 0.719. The lowest BCUT2D eigenvalue weighted by Gasteiger charge is -2.16. The van der Waals surface area contributed by atoms with Crippen LogP contribution in [0.5, 0.6) is 5.75 Å². The summed E-state index contributed by atoms with van der Waals surface area (Å²) in [6.45, 7) is 0.571. The average Bonchev–Trinajstić information content (AvgIpc) is 2.76. The van der Waals surface area contributed by atoms with Crippen LogP contribution in [0, 0.1) is 0 Å². The van der Waals surface area contributed by atoms with Crippen LogP contribution in [0.1, 0.15) is 15.9 Å². The van der Waals surface area contributed by atoms with E-state index >= 15 is 0 Å². The zero-order chi connectivity index (χ0) is 13.4. The Balaban J connectivity index is 1.99. The molecule has 1 amide bonds. The number of rotatable bonds is 2. The molecule has 0 bridgehead atoms. The van der Waals surface area contributed by atoms with Crippen molar-refractivity contribution in [1.82, 2.24) is 0 Å². The molecule has 1 aliphatic rings. The van der Waals surface area contributed by atoms with Gasteiger partial charge in [-0.2, -0.15) is 0 Å². The highest BCUT2D eigenvalue weighted by Crippen LogP contribution is 2.31. The Morgan fingerprint density at radius 3 is 2.84 bits per heavy atom. The van der Waals surface area contributed by atoms with Crippen molar-refractivity contribution in [3.63, 3.8) is 0 Å². The zero-order valence-electron chi connectivity index (χ0n) is 10.6. The summed E-state index contributed by atoms with van der Waals surface area (Å²) in [4.78, 5) is 14.1. The maximum Gasteiger partial charge on any atom is 0.259 e. The molecule has 0 saturated heterocycles. The van der Waals surface area contributed by atoms with E-state index in [0.717, 1.165) is 17.0 Å². The Morgan fingerprint density at radius 2 is 2.05 bits per heavy atom. The van der Waals surface area contributed by atoms with Crippen molar-refractivity contribution in [2.75, 3.05) is 17.7 Å². The third-order valence-corrected chi connectivity index (χ3v) is 3.30. The van der Waals surface area contributed by atoms with E-state index in [0.29, 0.717) is 17.8 Å². The molecule has 4 heteroatoms. The first kappa shape index (κ1) is 11.6. The number of nitrogens with two attached hydrogens (primary N) is 1. The summed E-state index contributed by atoms with van der Waals surface area (Å²) in [6, 6.07) is 12.9. The van der Waals surface area contributed by atoms with Gasteiger partial charge in [0.1, 0.15) is 5.75 Å². The Labute approximate surface area is 111 Å². The highest BCUT2D eigenvalue weighted by atomic mass is 16.5. The fraction of sp³-hybridized carbons (Fsp3) is 0.133. The molecule has 0 spiro atoms. The summed E-state index contributed by atoms with van der Waals surface area (Å²) < 4.78 is 5.19. The second-order valence-electron chi connectivity index (χ2n) is 4.51. The smallest absolute Gasteiger partial charge is 0.259 e. The van der Waals surface area contributed by atoms with Gasteiger partial charge in [0.05, 0.1) is 13.7 Å². The minimum absolute atomic E-state index is 0.0180. The molecular formula is C15H14N2O2. The van der Waals surface area contributed by atoms with Crippen molar-refractivity contribution < 1.29 is 9.53 Å². The number of hydrogen-bond acceptors (Lipinski definition) is 3. The van der Waals surface area contributed by atoms with Crippen molar-refractivity contribution >= 4 is 17.3 Å². The molecule has 4 nitrogen and oxygen atoms in total. The van der Waals surface area contributed by atoms with E-state index in [-0.39, 0.29) is 5.91 Å². The van der Waals surface area contributed by atoms with E-state index in [4.69, 9.17) is 10.5 Å². The van der Waals surface area contributed by atoms with Crippen molar-refractivity contribution in [2.45, 2.75) is 6.54 Å². The predicted octanol–water partition coefficient (Wildman–Crippen LogP) is 2.44. The Kier molecular flexibility index (Phi) is 2.63. The summed E-state index contributed by atoms with van der Waals surface area (Å²) >= 11 is 0. The molecule has 0 saturated carbocycles. The summed E-state index contributed by atoms with van der Waals surface area (Å²) in [5.41, 5.74) is 8.86. The molecule has 2 aromatic rings.